The number of hydrogen-bond acceptors (Lipinski definition) is 5. The highest BCUT2D eigenvalue weighted by Crippen LogP contribution is 2.27. The molecular weight excluding hydrogens is 294 g/mol. The molecular formula is C17H31N3OS. The lowest BCUT2D eigenvalue weighted by Gasteiger charge is -2.22. The van der Waals surface area contributed by atoms with Crippen LogP contribution in [0.2, 0.25) is 0 Å². The number of aliphatic hydroxyl groups is 1. The van der Waals surface area contributed by atoms with E-state index in [1.54, 1.807) is 0 Å². The molecule has 1 N–H and O–H groups in total. The predicted octanol–water partition coefficient (Wildman–Crippen LogP) is 1.80. The molecule has 0 saturated carbocycles. The fourth-order valence-corrected chi connectivity index (χ4v) is 4.21. The van der Waals surface area contributed by atoms with E-state index in [0.717, 1.165) is 39.3 Å². The highest BCUT2D eigenvalue weighted by molar-refractivity contribution is 7.10. The second-order valence-electron chi connectivity index (χ2n) is 6.91. The van der Waals surface area contributed by atoms with Crippen molar-refractivity contribution < 1.29 is 5.11 Å². The minimum atomic E-state index is 0.315. The van der Waals surface area contributed by atoms with E-state index in [0.29, 0.717) is 18.4 Å². The van der Waals surface area contributed by atoms with Gasteiger partial charge in [-0.2, -0.15) is 0 Å². The van der Waals surface area contributed by atoms with Crippen molar-refractivity contribution in [3.05, 3.63) is 21.9 Å². The van der Waals surface area contributed by atoms with Gasteiger partial charge in [0.1, 0.15) is 0 Å². The molecule has 2 heterocycles. The minimum Gasteiger partial charge on any atom is -0.396 e. The first-order valence-electron chi connectivity index (χ1n) is 8.24. The minimum absolute atomic E-state index is 0.315. The molecule has 126 valence electrons. The summed E-state index contributed by atoms with van der Waals surface area (Å²) in [4.78, 5) is 8.52. The molecule has 0 spiro atoms. The molecule has 0 radical (unpaired) electrons. The number of rotatable bonds is 8. The molecule has 1 aromatic heterocycles. The maximum atomic E-state index is 9.66. The SMILES string of the molecule is CCN(C)C[C@H]1CN(Cc2cc(CN(C)C)cs2)C[C@H]1CO. The first-order valence-corrected chi connectivity index (χ1v) is 9.12. The molecule has 0 amide bonds. The van der Waals surface area contributed by atoms with Crippen LogP contribution in [-0.2, 0) is 13.1 Å². The number of likely N-dealkylation sites (tertiary alicyclic amines) is 1. The first-order chi connectivity index (χ1) is 10.5. The fraction of sp³-hybridized carbons (Fsp3) is 0.765. The van der Waals surface area contributed by atoms with Gasteiger partial charge in [-0.25, -0.2) is 0 Å². The van der Waals surface area contributed by atoms with Gasteiger partial charge in [-0.15, -0.1) is 11.3 Å². The van der Waals surface area contributed by atoms with Crippen molar-refractivity contribution in [3.8, 4) is 0 Å². The summed E-state index contributed by atoms with van der Waals surface area (Å²) in [5.41, 5.74) is 1.41. The highest BCUT2D eigenvalue weighted by Gasteiger charge is 2.32. The Labute approximate surface area is 139 Å². The van der Waals surface area contributed by atoms with Gasteiger partial charge in [0.15, 0.2) is 0 Å². The Morgan fingerprint density at radius 3 is 2.64 bits per heavy atom. The molecule has 1 fully saturated rings. The Bertz CT molecular complexity index is 449. The van der Waals surface area contributed by atoms with Crippen LogP contribution in [0.25, 0.3) is 0 Å². The largest absolute Gasteiger partial charge is 0.396 e. The van der Waals surface area contributed by atoms with Crippen LogP contribution in [0.15, 0.2) is 11.4 Å². The molecule has 0 aromatic carbocycles. The van der Waals surface area contributed by atoms with E-state index >= 15 is 0 Å². The molecule has 5 heteroatoms. The third-order valence-corrected chi connectivity index (χ3v) is 5.53. The summed E-state index contributed by atoms with van der Waals surface area (Å²) < 4.78 is 0. The van der Waals surface area contributed by atoms with Crippen LogP contribution in [0.1, 0.15) is 17.4 Å². The molecule has 22 heavy (non-hydrogen) atoms. The van der Waals surface area contributed by atoms with E-state index < -0.39 is 0 Å². The second kappa shape index (κ2) is 8.41. The van der Waals surface area contributed by atoms with Gasteiger partial charge in [0, 0.05) is 44.2 Å². The van der Waals surface area contributed by atoms with Gasteiger partial charge >= 0.3 is 0 Å². The monoisotopic (exact) mass is 325 g/mol. The van der Waals surface area contributed by atoms with Crippen LogP contribution in [0.3, 0.4) is 0 Å². The normalized spacial score (nSPS) is 23.0. The molecule has 1 saturated heterocycles. The predicted molar refractivity (Wildman–Crippen MR) is 94.2 cm³/mol. The third-order valence-electron chi connectivity index (χ3n) is 4.56. The van der Waals surface area contributed by atoms with Crippen molar-refractivity contribution in [1.29, 1.82) is 0 Å². The van der Waals surface area contributed by atoms with Crippen LogP contribution >= 0.6 is 11.3 Å². The molecule has 0 aliphatic carbocycles. The van der Waals surface area contributed by atoms with Crippen LogP contribution in [0.5, 0.6) is 0 Å². The zero-order valence-corrected chi connectivity index (χ0v) is 15.3. The lowest BCUT2D eigenvalue weighted by molar-refractivity contribution is 0.177. The first kappa shape index (κ1) is 17.9. The van der Waals surface area contributed by atoms with E-state index in [1.165, 1.54) is 10.4 Å². The van der Waals surface area contributed by atoms with Crippen LogP contribution in [0.4, 0.5) is 0 Å². The molecule has 2 rings (SSSR count). The summed E-state index contributed by atoms with van der Waals surface area (Å²) >= 11 is 1.87. The van der Waals surface area contributed by atoms with Gasteiger partial charge in [-0.3, -0.25) is 4.90 Å². The summed E-state index contributed by atoms with van der Waals surface area (Å²) in [6, 6.07) is 2.34. The van der Waals surface area contributed by atoms with Crippen molar-refractivity contribution in [1.82, 2.24) is 14.7 Å². The topological polar surface area (TPSA) is 30.0 Å². The fourth-order valence-electron chi connectivity index (χ4n) is 3.29. The zero-order valence-electron chi connectivity index (χ0n) is 14.5. The molecule has 0 unspecified atom stereocenters. The lowest BCUT2D eigenvalue weighted by atomic mass is 9.96. The van der Waals surface area contributed by atoms with Crippen LogP contribution in [-0.4, -0.2) is 73.7 Å². The van der Waals surface area contributed by atoms with Crippen LogP contribution < -0.4 is 0 Å². The van der Waals surface area contributed by atoms with Crippen molar-refractivity contribution >= 4 is 11.3 Å². The van der Waals surface area contributed by atoms with E-state index in [4.69, 9.17) is 0 Å². The molecule has 0 bridgehead atoms. The van der Waals surface area contributed by atoms with E-state index in [1.807, 2.05) is 11.3 Å². The van der Waals surface area contributed by atoms with Crippen molar-refractivity contribution in [3.63, 3.8) is 0 Å². The summed E-state index contributed by atoms with van der Waals surface area (Å²) in [6.45, 7) is 8.85. The lowest BCUT2D eigenvalue weighted by Crippen LogP contribution is -2.31. The Morgan fingerprint density at radius 2 is 2.00 bits per heavy atom. The van der Waals surface area contributed by atoms with Crippen molar-refractivity contribution in [2.24, 2.45) is 11.8 Å². The van der Waals surface area contributed by atoms with Gasteiger partial charge in [0.2, 0.25) is 0 Å². The molecule has 2 atom stereocenters. The summed E-state index contributed by atoms with van der Waals surface area (Å²) in [5.74, 6) is 1.02. The maximum absolute atomic E-state index is 9.66. The van der Waals surface area contributed by atoms with Gasteiger partial charge in [0.25, 0.3) is 0 Å². The third kappa shape index (κ3) is 5.03. The molecule has 1 aliphatic rings. The molecule has 1 aliphatic heterocycles. The van der Waals surface area contributed by atoms with E-state index in [9.17, 15) is 5.11 Å². The maximum Gasteiger partial charge on any atom is 0.0475 e. The smallest absolute Gasteiger partial charge is 0.0475 e. The molecule has 1 aromatic rings. The van der Waals surface area contributed by atoms with E-state index in [-0.39, 0.29) is 0 Å². The van der Waals surface area contributed by atoms with Crippen molar-refractivity contribution in [2.45, 2.75) is 20.0 Å². The second-order valence-corrected chi connectivity index (χ2v) is 7.91. The van der Waals surface area contributed by atoms with Gasteiger partial charge < -0.3 is 14.9 Å². The number of hydrogen-bond donors (Lipinski definition) is 1. The average molecular weight is 326 g/mol. The van der Waals surface area contributed by atoms with Gasteiger partial charge in [-0.1, -0.05) is 6.92 Å². The Balaban J connectivity index is 1.89. The standard InChI is InChI=1S/C17H31N3OS/c1-5-19(4)8-15-9-20(10-16(15)12-21)11-17-6-14(13-22-17)7-18(2)3/h6,13,15-16,21H,5,7-12H2,1-4H3/t15-,16-/m0/s1. The quantitative estimate of drug-likeness (QED) is 0.789. The van der Waals surface area contributed by atoms with Gasteiger partial charge in [-0.05, 0) is 56.5 Å². The summed E-state index contributed by atoms with van der Waals surface area (Å²) in [5, 5.41) is 11.9. The van der Waals surface area contributed by atoms with E-state index in [2.05, 4.69) is 54.2 Å². The molecule has 4 nitrogen and oxygen atoms in total. The summed E-state index contributed by atoms with van der Waals surface area (Å²) in [7, 11) is 6.39. The zero-order chi connectivity index (χ0) is 16.1. The van der Waals surface area contributed by atoms with Crippen molar-refractivity contribution in [2.75, 3.05) is 53.9 Å². The average Bonchev–Trinajstić information content (AvgIpc) is 3.05. The van der Waals surface area contributed by atoms with Gasteiger partial charge in [0.05, 0.1) is 0 Å². The Hall–Kier alpha value is -0.460. The van der Waals surface area contributed by atoms with Crippen LogP contribution in [0, 0.1) is 11.8 Å². The Kier molecular flexibility index (Phi) is 6.84. The summed E-state index contributed by atoms with van der Waals surface area (Å²) in [6.07, 6.45) is 0. The number of thiophene rings is 1. The highest BCUT2D eigenvalue weighted by atomic mass is 32.1. The number of aliphatic hydroxyl groups excluding tert-OH is 1. The Morgan fingerprint density at radius 1 is 1.27 bits per heavy atom. The number of nitrogens with zero attached hydrogens (tertiary/aromatic N) is 3.